The molecule has 0 aliphatic carbocycles. The average molecular weight is 327 g/mol. The van der Waals surface area contributed by atoms with Crippen molar-refractivity contribution in [2.24, 2.45) is 0 Å². The Morgan fingerprint density at radius 2 is 2.12 bits per heavy atom. The van der Waals surface area contributed by atoms with Gasteiger partial charge in [-0.2, -0.15) is 10.2 Å². The number of nitrogens with zero attached hydrogens (tertiary/aromatic N) is 4. The number of rotatable bonds is 6. The van der Waals surface area contributed by atoms with E-state index in [1.807, 2.05) is 20.8 Å². The topological polar surface area (TPSA) is 95.0 Å². The number of benzene rings is 1. The minimum atomic E-state index is -0.242. The number of hydrogen-bond acceptors (Lipinski definition) is 5. The van der Waals surface area contributed by atoms with Crippen molar-refractivity contribution in [1.82, 2.24) is 15.0 Å². The minimum Gasteiger partial charge on any atom is -0.337 e. The molecule has 0 saturated heterocycles. The van der Waals surface area contributed by atoms with Crippen LogP contribution in [0.3, 0.4) is 0 Å². The number of carbonyl (C=O) groups is 1. The molecular formula is C17H21N5O2. The highest BCUT2D eigenvalue weighted by atomic mass is 16.5. The van der Waals surface area contributed by atoms with Gasteiger partial charge >= 0.3 is 6.03 Å². The van der Waals surface area contributed by atoms with E-state index in [1.54, 1.807) is 23.1 Å². The molecule has 0 saturated carbocycles. The molecule has 1 N–H and O–H groups in total. The molecule has 1 heterocycles. The Hall–Kier alpha value is -2.88. The molecule has 7 heteroatoms. The van der Waals surface area contributed by atoms with Gasteiger partial charge in [-0.25, -0.2) is 4.79 Å². The lowest BCUT2D eigenvalue weighted by atomic mass is 10.1. The molecule has 0 aliphatic rings. The number of anilines is 1. The lowest BCUT2D eigenvalue weighted by Crippen LogP contribution is -2.34. The summed E-state index contributed by atoms with van der Waals surface area (Å²) in [5, 5.41) is 15.7. The van der Waals surface area contributed by atoms with Gasteiger partial charge in [0.25, 0.3) is 0 Å². The van der Waals surface area contributed by atoms with E-state index in [0.29, 0.717) is 35.9 Å². The van der Waals surface area contributed by atoms with Gasteiger partial charge in [0.1, 0.15) is 6.54 Å². The number of nitriles is 1. The van der Waals surface area contributed by atoms with Crippen molar-refractivity contribution in [1.29, 1.82) is 5.26 Å². The van der Waals surface area contributed by atoms with E-state index in [9.17, 15) is 4.79 Å². The molecule has 126 valence electrons. The van der Waals surface area contributed by atoms with Gasteiger partial charge in [-0.05, 0) is 37.1 Å². The van der Waals surface area contributed by atoms with Crippen LogP contribution in [0.2, 0.25) is 0 Å². The summed E-state index contributed by atoms with van der Waals surface area (Å²) in [7, 11) is 0. The minimum absolute atomic E-state index is 0.242. The van der Waals surface area contributed by atoms with Crippen LogP contribution in [-0.4, -0.2) is 27.6 Å². The standard InChI is InChI=1S/C17H21N5O2/c1-4-13-9-12(10-18)7-8-14(13)19-17(23)22(6-3)11-16-20-15(5-2)21-24-16/h7-9H,4-6,11H2,1-3H3,(H,19,23). The third-order valence-corrected chi connectivity index (χ3v) is 3.68. The highest BCUT2D eigenvalue weighted by molar-refractivity contribution is 5.90. The molecule has 2 amide bonds. The second-order valence-corrected chi connectivity index (χ2v) is 5.24. The van der Waals surface area contributed by atoms with Crippen molar-refractivity contribution >= 4 is 11.7 Å². The normalized spacial score (nSPS) is 10.2. The van der Waals surface area contributed by atoms with Crippen molar-refractivity contribution < 1.29 is 9.32 Å². The van der Waals surface area contributed by atoms with Gasteiger partial charge in [-0.15, -0.1) is 0 Å². The van der Waals surface area contributed by atoms with Crippen LogP contribution in [0.15, 0.2) is 22.7 Å². The number of urea groups is 1. The first-order valence-electron chi connectivity index (χ1n) is 8.01. The fourth-order valence-corrected chi connectivity index (χ4v) is 2.26. The Bertz CT molecular complexity index is 748. The summed E-state index contributed by atoms with van der Waals surface area (Å²) >= 11 is 0. The van der Waals surface area contributed by atoms with E-state index in [1.165, 1.54) is 0 Å². The van der Waals surface area contributed by atoms with Crippen LogP contribution in [-0.2, 0) is 19.4 Å². The number of hydrogen-bond donors (Lipinski definition) is 1. The first kappa shape index (κ1) is 17.5. The van der Waals surface area contributed by atoms with Gasteiger partial charge in [-0.1, -0.05) is 19.0 Å². The van der Waals surface area contributed by atoms with Crippen LogP contribution >= 0.6 is 0 Å². The Morgan fingerprint density at radius 1 is 1.33 bits per heavy atom. The van der Waals surface area contributed by atoms with Crippen LogP contribution in [0.4, 0.5) is 10.5 Å². The predicted molar refractivity (Wildman–Crippen MR) is 89.3 cm³/mol. The number of carbonyl (C=O) groups excluding carboxylic acids is 1. The predicted octanol–water partition coefficient (Wildman–Crippen LogP) is 3.12. The maximum Gasteiger partial charge on any atom is 0.322 e. The van der Waals surface area contributed by atoms with Crippen molar-refractivity contribution in [3.63, 3.8) is 0 Å². The van der Waals surface area contributed by atoms with Gasteiger partial charge in [0.05, 0.1) is 11.6 Å². The van der Waals surface area contributed by atoms with Crippen molar-refractivity contribution in [2.75, 3.05) is 11.9 Å². The molecule has 1 aromatic carbocycles. The summed E-state index contributed by atoms with van der Waals surface area (Å²) in [6.07, 6.45) is 1.41. The van der Waals surface area contributed by atoms with Crippen LogP contribution < -0.4 is 5.32 Å². The Balaban J connectivity index is 2.10. The molecule has 0 atom stereocenters. The third-order valence-electron chi connectivity index (χ3n) is 3.68. The van der Waals surface area contributed by atoms with E-state index in [0.717, 1.165) is 12.0 Å². The van der Waals surface area contributed by atoms with E-state index in [2.05, 4.69) is 21.5 Å². The monoisotopic (exact) mass is 327 g/mol. The molecule has 0 aliphatic heterocycles. The molecule has 0 unspecified atom stereocenters. The maximum atomic E-state index is 12.5. The van der Waals surface area contributed by atoms with Crippen LogP contribution in [0, 0.1) is 11.3 Å². The van der Waals surface area contributed by atoms with E-state index < -0.39 is 0 Å². The van der Waals surface area contributed by atoms with E-state index in [-0.39, 0.29) is 12.6 Å². The summed E-state index contributed by atoms with van der Waals surface area (Å²) in [5.41, 5.74) is 2.21. The number of nitrogens with one attached hydrogen (secondary N) is 1. The molecule has 0 radical (unpaired) electrons. The summed E-state index contributed by atoms with van der Waals surface area (Å²) in [4.78, 5) is 18.3. The van der Waals surface area contributed by atoms with Crippen molar-refractivity contribution in [3.8, 4) is 6.07 Å². The molecule has 0 spiro atoms. The zero-order chi connectivity index (χ0) is 17.5. The first-order valence-corrected chi connectivity index (χ1v) is 8.01. The highest BCUT2D eigenvalue weighted by Crippen LogP contribution is 2.19. The second-order valence-electron chi connectivity index (χ2n) is 5.24. The average Bonchev–Trinajstić information content (AvgIpc) is 3.07. The van der Waals surface area contributed by atoms with Gasteiger partial charge < -0.3 is 14.7 Å². The molecule has 2 aromatic rings. The lowest BCUT2D eigenvalue weighted by molar-refractivity contribution is 0.203. The zero-order valence-electron chi connectivity index (χ0n) is 14.2. The number of aryl methyl sites for hydroxylation is 2. The number of aromatic nitrogens is 2. The van der Waals surface area contributed by atoms with Gasteiger partial charge in [-0.3, -0.25) is 0 Å². The second kappa shape index (κ2) is 8.11. The molecule has 7 nitrogen and oxygen atoms in total. The summed E-state index contributed by atoms with van der Waals surface area (Å²) in [6, 6.07) is 7.10. The van der Waals surface area contributed by atoms with Gasteiger partial charge in [0.15, 0.2) is 5.82 Å². The Kier molecular flexibility index (Phi) is 5.90. The lowest BCUT2D eigenvalue weighted by Gasteiger charge is -2.20. The number of amides is 2. The summed E-state index contributed by atoms with van der Waals surface area (Å²) < 4.78 is 5.14. The van der Waals surface area contributed by atoms with E-state index >= 15 is 0 Å². The van der Waals surface area contributed by atoms with Crippen LogP contribution in [0.25, 0.3) is 0 Å². The van der Waals surface area contributed by atoms with Gasteiger partial charge in [0.2, 0.25) is 5.89 Å². The highest BCUT2D eigenvalue weighted by Gasteiger charge is 2.17. The summed E-state index contributed by atoms with van der Waals surface area (Å²) in [5.74, 6) is 1.04. The summed E-state index contributed by atoms with van der Waals surface area (Å²) in [6.45, 7) is 6.57. The van der Waals surface area contributed by atoms with Crippen molar-refractivity contribution in [3.05, 3.63) is 41.0 Å². The zero-order valence-corrected chi connectivity index (χ0v) is 14.2. The first-order chi connectivity index (χ1) is 11.6. The molecule has 24 heavy (non-hydrogen) atoms. The van der Waals surface area contributed by atoms with Crippen LogP contribution in [0.5, 0.6) is 0 Å². The SMILES string of the molecule is CCc1noc(CN(CC)C(=O)Nc2ccc(C#N)cc2CC)n1. The van der Waals surface area contributed by atoms with Crippen LogP contribution in [0.1, 0.15) is 43.6 Å². The molecule has 1 aromatic heterocycles. The van der Waals surface area contributed by atoms with Crippen molar-refractivity contribution in [2.45, 2.75) is 40.2 Å². The van der Waals surface area contributed by atoms with E-state index in [4.69, 9.17) is 9.78 Å². The largest absolute Gasteiger partial charge is 0.337 e. The Labute approximate surface area is 141 Å². The molecule has 2 rings (SSSR count). The molecular weight excluding hydrogens is 306 g/mol. The fourth-order valence-electron chi connectivity index (χ4n) is 2.26. The Morgan fingerprint density at radius 3 is 2.71 bits per heavy atom. The van der Waals surface area contributed by atoms with Gasteiger partial charge in [0, 0.05) is 18.7 Å². The molecule has 0 bridgehead atoms. The third kappa shape index (κ3) is 4.10. The smallest absolute Gasteiger partial charge is 0.322 e. The molecule has 0 fully saturated rings. The quantitative estimate of drug-likeness (QED) is 0.879. The fraction of sp³-hybridized carbons (Fsp3) is 0.412. The maximum absolute atomic E-state index is 12.5.